The second-order valence-electron chi connectivity index (χ2n) is 9.90. The van der Waals surface area contributed by atoms with Crippen molar-refractivity contribution in [3.8, 4) is 11.5 Å². The number of nitrogens with one attached hydrogen (secondary N) is 1. The Morgan fingerprint density at radius 3 is 2.44 bits per heavy atom. The van der Waals surface area contributed by atoms with Gasteiger partial charge in [-0.25, -0.2) is 0 Å². The number of rotatable bonds is 5. The molecule has 1 heterocycles. The van der Waals surface area contributed by atoms with E-state index < -0.39 is 11.8 Å². The highest BCUT2D eigenvalue weighted by atomic mass is 16.5. The Balaban J connectivity index is 1.89. The second-order valence-corrected chi connectivity index (χ2v) is 9.90. The second kappa shape index (κ2) is 9.09. The molecule has 2 aromatic rings. The summed E-state index contributed by atoms with van der Waals surface area (Å²) in [7, 11) is 3.16. The number of hydrogen-bond donors (Lipinski definition) is 1. The van der Waals surface area contributed by atoms with Crippen LogP contribution in [0.2, 0.25) is 0 Å². The van der Waals surface area contributed by atoms with Gasteiger partial charge in [0.15, 0.2) is 17.3 Å². The van der Waals surface area contributed by atoms with E-state index in [9.17, 15) is 9.59 Å². The number of carbonyl (C=O) groups is 2. The van der Waals surface area contributed by atoms with E-state index in [1.54, 1.807) is 14.2 Å². The van der Waals surface area contributed by atoms with Crippen LogP contribution in [0.5, 0.6) is 11.5 Å². The van der Waals surface area contributed by atoms with Crippen molar-refractivity contribution in [2.75, 3.05) is 19.5 Å². The number of ketones is 1. The first-order chi connectivity index (χ1) is 16.2. The molecule has 34 heavy (non-hydrogen) atoms. The highest BCUT2D eigenvalue weighted by Crippen LogP contribution is 2.50. The van der Waals surface area contributed by atoms with E-state index in [2.05, 4.69) is 19.2 Å². The molecule has 1 amide bonds. The molecule has 1 N–H and O–H groups in total. The largest absolute Gasteiger partial charge is 0.493 e. The first-order valence-corrected chi connectivity index (χ1v) is 11.6. The van der Waals surface area contributed by atoms with Crippen molar-refractivity contribution >= 4 is 23.1 Å². The lowest BCUT2D eigenvalue weighted by Gasteiger charge is -2.39. The molecule has 0 radical (unpaired) electrons. The number of methoxy groups -OCH3 is 2. The summed E-state index contributed by atoms with van der Waals surface area (Å²) in [6.07, 6.45) is 1.09. The van der Waals surface area contributed by atoms with Gasteiger partial charge < -0.3 is 14.8 Å². The molecule has 1 unspecified atom stereocenters. The van der Waals surface area contributed by atoms with Gasteiger partial charge in [0.1, 0.15) is 0 Å². The van der Waals surface area contributed by atoms with E-state index in [0.717, 1.165) is 22.5 Å². The van der Waals surface area contributed by atoms with E-state index in [1.807, 2.05) is 56.3 Å². The third-order valence-electron chi connectivity index (χ3n) is 6.76. The van der Waals surface area contributed by atoms with Gasteiger partial charge in [-0.15, -0.1) is 0 Å². The topological polar surface area (TPSA) is 77.0 Å². The summed E-state index contributed by atoms with van der Waals surface area (Å²) in [5.41, 5.74) is 4.35. The fourth-order valence-electron chi connectivity index (χ4n) is 5.20. The molecule has 178 valence electrons. The molecule has 0 fully saturated rings. The maximum Gasteiger partial charge on any atom is 0.234 e. The third-order valence-corrected chi connectivity index (χ3v) is 6.76. The Hall–Kier alpha value is -3.41. The standard InChI is InChI=1S/C28H32N2O4/c1-16-10-7-8-12-19(16)30-27(32)23-17(2)29-20-14-28(3,4)15-21(31)25(20)24(23)18-11-9-13-22(33-5)26(18)34-6/h7-13,23-24H,14-15H2,1-6H3,(H,30,32)/t23?,24-/m1/s1. The van der Waals surface area contributed by atoms with Crippen LogP contribution in [-0.4, -0.2) is 31.6 Å². The number of Topliss-reactive ketones (excluding diaryl/α,β-unsaturated/α-hetero) is 1. The molecule has 6 nitrogen and oxygen atoms in total. The lowest BCUT2D eigenvalue weighted by molar-refractivity contribution is -0.119. The summed E-state index contributed by atoms with van der Waals surface area (Å²) in [6.45, 7) is 7.99. The van der Waals surface area contributed by atoms with Crippen LogP contribution in [0, 0.1) is 18.3 Å². The maximum absolute atomic E-state index is 13.8. The van der Waals surface area contributed by atoms with Crippen LogP contribution in [0.1, 0.15) is 50.7 Å². The van der Waals surface area contributed by atoms with E-state index in [0.29, 0.717) is 35.6 Å². The number of hydrogen-bond acceptors (Lipinski definition) is 5. The normalized spacial score (nSPS) is 21.5. The molecule has 0 bridgehead atoms. The molecule has 0 spiro atoms. The molecule has 0 aromatic heterocycles. The van der Waals surface area contributed by atoms with Gasteiger partial charge >= 0.3 is 0 Å². The van der Waals surface area contributed by atoms with Crippen LogP contribution in [-0.2, 0) is 9.59 Å². The zero-order chi connectivity index (χ0) is 24.6. The number of allylic oxidation sites excluding steroid dienone is 2. The van der Waals surface area contributed by atoms with Crippen molar-refractivity contribution in [3.05, 3.63) is 64.9 Å². The van der Waals surface area contributed by atoms with E-state index in [4.69, 9.17) is 14.5 Å². The van der Waals surface area contributed by atoms with Crippen LogP contribution < -0.4 is 14.8 Å². The SMILES string of the molecule is COc1cccc([C@H]2C3=C(CC(C)(C)CC3=O)N=C(C)C2C(=O)Nc2ccccc2C)c1OC. The number of ether oxygens (including phenoxy) is 2. The van der Waals surface area contributed by atoms with Crippen LogP contribution in [0.3, 0.4) is 0 Å². The molecule has 6 heteroatoms. The van der Waals surface area contributed by atoms with Gasteiger partial charge in [-0.3, -0.25) is 14.6 Å². The summed E-state index contributed by atoms with van der Waals surface area (Å²) in [6, 6.07) is 13.2. The smallest absolute Gasteiger partial charge is 0.234 e. The fraction of sp³-hybridized carbons (Fsp3) is 0.393. The molecule has 1 aliphatic carbocycles. The lowest BCUT2D eigenvalue weighted by Crippen LogP contribution is -2.41. The van der Waals surface area contributed by atoms with E-state index in [-0.39, 0.29) is 17.1 Å². The number of carbonyl (C=O) groups excluding carboxylic acids is 2. The minimum Gasteiger partial charge on any atom is -0.493 e. The van der Waals surface area contributed by atoms with Gasteiger partial charge in [-0.1, -0.05) is 44.2 Å². The minimum absolute atomic E-state index is 0.0334. The Morgan fingerprint density at radius 1 is 1.03 bits per heavy atom. The summed E-state index contributed by atoms with van der Waals surface area (Å²) >= 11 is 0. The first-order valence-electron chi connectivity index (χ1n) is 11.6. The van der Waals surface area contributed by atoms with Crippen LogP contribution in [0.25, 0.3) is 0 Å². The van der Waals surface area contributed by atoms with Crippen molar-refractivity contribution in [3.63, 3.8) is 0 Å². The quantitative estimate of drug-likeness (QED) is 0.642. The minimum atomic E-state index is -0.662. The van der Waals surface area contributed by atoms with E-state index >= 15 is 0 Å². The van der Waals surface area contributed by atoms with Crippen molar-refractivity contribution in [2.24, 2.45) is 16.3 Å². The number of benzene rings is 2. The van der Waals surface area contributed by atoms with Gasteiger partial charge in [-0.05, 0) is 43.4 Å². The van der Waals surface area contributed by atoms with Crippen molar-refractivity contribution in [2.45, 2.75) is 46.5 Å². The molecular weight excluding hydrogens is 428 g/mol. The summed E-state index contributed by atoms with van der Waals surface area (Å²) in [4.78, 5) is 32.2. The molecule has 2 atom stereocenters. The van der Waals surface area contributed by atoms with Gasteiger partial charge in [0, 0.05) is 40.6 Å². The molecule has 0 saturated carbocycles. The van der Waals surface area contributed by atoms with Gasteiger partial charge in [0.05, 0.1) is 20.1 Å². The number of nitrogens with zero attached hydrogens (tertiary/aromatic N) is 1. The zero-order valence-corrected chi connectivity index (χ0v) is 20.7. The van der Waals surface area contributed by atoms with Crippen LogP contribution in [0.15, 0.2) is 58.7 Å². The Bertz CT molecular complexity index is 1210. The van der Waals surface area contributed by atoms with E-state index in [1.165, 1.54) is 0 Å². The average Bonchev–Trinajstić information content (AvgIpc) is 2.78. The van der Waals surface area contributed by atoms with Crippen molar-refractivity contribution in [1.82, 2.24) is 0 Å². The van der Waals surface area contributed by atoms with Gasteiger partial charge in [-0.2, -0.15) is 0 Å². The highest BCUT2D eigenvalue weighted by molar-refractivity contribution is 6.13. The average molecular weight is 461 g/mol. The molecule has 0 saturated heterocycles. The molecule has 2 aromatic carbocycles. The third kappa shape index (κ3) is 4.25. The molecule has 4 rings (SSSR count). The molecule has 2 aliphatic rings. The number of aliphatic imine (C=N–C) groups is 1. The van der Waals surface area contributed by atoms with Gasteiger partial charge in [0.2, 0.25) is 5.91 Å². The summed E-state index contributed by atoms with van der Waals surface area (Å²) in [5, 5.41) is 3.08. The summed E-state index contributed by atoms with van der Waals surface area (Å²) < 4.78 is 11.3. The number of para-hydroxylation sites is 2. The van der Waals surface area contributed by atoms with Crippen molar-refractivity contribution < 1.29 is 19.1 Å². The maximum atomic E-state index is 13.8. The van der Waals surface area contributed by atoms with Crippen LogP contribution >= 0.6 is 0 Å². The number of anilines is 1. The zero-order valence-electron chi connectivity index (χ0n) is 20.7. The molecule has 1 aliphatic heterocycles. The summed E-state index contributed by atoms with van der Waals surface area (Å²) in [5.74, 6) is -0.262. The Kier molecular flexibility index (Phi) is 6.34. The fourth-order valence-corrected chi connectivity index (χ4v) is 5.20. The van der Waals surface area contributed by atoms with Crippen molar-refractivity contribution in [1.29, 1.82) is 0 Å². The van der Waals surface area contributed by atoms with Gasteiger partial charge in [0.25, 0.3) is 0 Å². The Labute approximate surface area is 201 Å². The van der Waals surface area contributed by atoms with Crippen LogP contribution in [0.4, 0.5) is 5.69 Å². The monoisotopic (exact) mass is 460 g/mol. The first kappa shape index (κ1) is 23.7. The molecular formula is C28H32N2O4. The highest BCUT2D eigenvalue weighted by Gasteiger charge is 2.46. The predicted molar refractivity (Wildman–Crippen MR) is 134 cm³/mol. The number of aryl methyl sites for hydroxylation is 1. The predicted octanol–water partition coefficient (Wildman–Crippen LogP) is 5.47. The lowest BCUT2D eigenvalue weighted by atomic mass is 9.66. The number of amides is 1. The Morgan fingerprint density at radius 2 is 1.76 bits per heavy atom.